The molecule has 2 rings (SSSR count). The summed E-state index contributed by atoms with van der Waals surface area (Å²) in [7, 11) is 3.83. The molecule has 0 aliphatic carbocycles. The average Bonchev–Trinajstić information content (AvgIpc) is 2.79. The number of hydrogen-bond acceptors (Lipinski definition) is 4. The number of nitrogens with zero attached hydrogens (tertiary/aromatic N) is 3. The molecule has 0 spiro atoms. The van der Waals surface area contributed by atoms with Crippen molar-refractivity contribution in [2.45, 2.75) is 6.04 Å². The summed E-state index contributed by atoms with van der Waals surface area (Å²) in [6.45, 7) is 0. The van der Waals surface area contributed by atoms with Gasteiger partial charge in [-0.25, -0.2) is 4.98 Å². The predicted molar refractivity (Wildman–Crippen MR) is 56.2 cm³/mol. The first kappa shape index (κ1) is 9.36. The first-order valence-electron chi connectivity index (χ1n) is 4.36. The molecule has 0 radical (unpaired) electrons. The lowest BCUT2D eigenvalue weighted by Crippen LogP contribution is -2.18. The van der Waals surface area contributed by atoms with Crippen molar-refractivity contribution in [3.05, 3.63) is 34.5 Å². The Hall–Kier alpha value is -1.20. The van der Waals surface area contributed by atoms with Crippen LogP contribution in [-0.2, 0) is 7.05 Å². The van der Waals surface area contributed by atoms with Crippen molar-refractivity contribution in [1.82, 2.24) is 20.1 Å². The van der Waals surface area contributed by atoms with Crippen molar-refractivity contribution in [1.29, 1.82) is 0 Å². The summed E-state index contributed by atoms with van der Waals surface area (Å²) < 4.78 is 1.80. The maximum atomic E-state index is 4.36. The first-order valence-corrected chi connectivity index (χ1v) is 5.30. The van der Waals surface area contributed by atoms with Crippen LogP contribution in [0.1, 0.15) is 17.4 Å². The molecule has 2 aromatic heterocycles. The summed E-state index contributed by atoms with van der Waals surface area (Å²) in [6.07, 6.45) is 1.94. The van der Waals surface area contributed by atoms with Crippen LogP contribution in [-0.4, -0.2) is 21.8 Å². The molecule has 1 unspecified atom stereocenters. The lowest BCUT2D eigenvalue weighted by molar-refractivity contribution is 0.631. The van der Waals surface area contributed by atoms with Gasteiger partial charge in [0.15, 0.2) is 0 Å². The number of aromatic nitrogens is 3. The Balaban J connectivity index is 2.31. The third-order valence-electron chi connectivity index (χ3n) is 2.07. The molecule has 1 atom stereocenters. The highest BCUT2D eigenvalue weighted by Gasteiger charge is 2.15. The van der Waals surface area contributed by atoms with Crippen molar-refractivity contribution in [2.24, 2.45) is 7.05 Å². The highest BCUT2D eigenvalue weighted by Crippen LogP contribution is 2.19. The topological polar surface area (TPSA) is 42.7 Å². The Morgan fingerprint density at radius 1 is 1.50 bits per heavy atom. The van der Waals surface area contributed by atoms with E-state index < -0.39 is 0 Å². The summed E-state index contributed by atoms with van der Waals surface area (Å²) in [6, 6.07) is 2.10. The molecule has 4 nitrogen and oxygen atoms in total. The summed E-state index contributed by atoms with van der Waals surface area (Å²) in [5.74, 6) is 0. The molecule has 0 saturated heterocycles. The summed E-state index contributed by atoms with van der Waals surface area (Å²) in [5, 5.41) is 9.60. The minimum Gasteiger partial charge on any atom is -0.307 e. The monoisotopic (exact) mass is 208 g/mol. The number of hydrogen-bond donors (Lipinski definition) is 1. The zero-order chi connectivity index (χ0) is 9.97. The van der Waals surface area contributed by atoms with Gasteiger partial charge in [0.25, 0.3) is 0 Å². The Kier molecular flexibility index (Phi) is 2.60. The second-order valence-corrected chi connectivity index (χ2v) is 3.77. The molecule has 74 valence electrons. The van der Waals surface area contributed by atoms with Crippen molar-refractivity contribution in [2.75, 3.05) is 7.05 Å². The molecule has 5 heteroatoms. The molecular weight excluding hydrogens is 196 g/mol. The molecule has 0 fully saturated rings. The van der Waals surface area contributed by atoms with Crippen LogP contribution >= 0.6 is 11.3 Å². The van der Waals surface area contributed by atoms with Crippen LogP contribution < -0.4 is 5.32 Å². The molecule has 1 N–H and O–H groups in total. The Morgan fingerprint density at radius 3 is 2.86 bits per heavy atom. The molecule has 14 heavy (non-hydrogen) atoms. The zero-order valence-corrected chi connectivity index (χ0v) is 8.95. The SMILES string of the molecule is CNC(c1cscn1)c1ccn(C)n1. The number of aryl methyl sites for hydroxylation is 1. The van der Waals surface area contributed by atoms with Crippen LogP contribution in [0, 0.1) is 0 Å². The Labute approximate surface area is 86.6 Å². The van der Waals surface area contributed by atoms with E-state index in [1.54, 1.807) is 16.0 Å². The van der Waals surface area contributed by atoms with Crippen LogP contribution in [0.25, 0.3) is 0 Å². The lowest BCUT2D eigenvalue weighted by atomic mass is 10.1. The molecule has 2 heterocycles. The average molecular weight is 208 g/mol. The smallest absolute Gasteiger partial charge is 0.0949 e. The van der Waals surface area contributed by atoms with E-state index in [-0.39, 0.29) is 6.04 Å². The maximum Gasteiger partial charge on any atom is 0.0949 e. The van der Waals surface area contributed by atoms with Crippen molar-refractivity contribution >= 4 is 11.3 Å². The molecular formula is C9H12N4S. The lowest BCUT2D eigenvalue weighted by Gasteiger charge is -2.10. The predicted octanol–water partition coefficient (Wildman–Crippen LogP) is 1.19. The Morgan fingerprint density at radius 2 is 2.36 bits per heavy atom. The first-order chi connectivity index (χ1) is 6.81. The molecule has 2 aromatic rings. The summed E-state index contributed by atoms with van der Waals surface area (Å²) in [5.41, 5.74) is 3.86. The molecule has 0 aliphatic heterocycles. The number of nitrogens with one attached hydrogen (secondary N) is 1. The van der Waals surface area contributed by atoms with Crippen molar-refractivity contribution in [3.63, 3.8) is 0 Å². The fourth-order valence-electron chi connectivity index (χ4n) is 1.40. The minimum atomic E-state index is 0.0995. The second-order valence-electron chi connectivity index (χ2n) is 3.05. The molecule has 0 aromatic carbocycles. The van der Waals surface area contributed by atoms with E-state index in [0.717, 1.165) is 11.4 Å². The van der Waals surface area contributed by atoms with Gasteiger partial charge in [0, 0.05) is 18.6 Å². The second kappa shape index (κ2) is 3.89. The Bertz CT molecular complexity index is 393. The van der Waals surface area contributed by atoms with Crippen molar-refractivity contribution < 1.29 is 0 Å². The quantitative estimate of drug-likeness (QED) is 0.823. The summed E-state index contributed by atoms with van der Waals surface area (Å²) >= 11 is 1.60. The van der Waals surface area contributed by atoms with Gasteiger partial charge in [-0.1, -0.05) is 0 Å². The van der Waals surface area contributed by atoms with E-state index in [9.17, 15) is 0 Å². The van der Waals surface area contributed by atoms with E-state index >= 15 is 0 Å². The fraction of sp³-hybridized carbons (Fsp3) is 0.333. The molecule has 0 aliphatic rings. The molecule has 0 amide bonds. The van der Waals surface area contributed by atoms with Gasteiger partial charge in [-0.3, -0.25) is 4.68 Å². The largest absolute Gasteiger partial charge is 0.307 e. The molecule has 0 saturated carbocycles. The zero-order valence-electron chi connectivity index (χ0n) is 8.14. The van der Waals surface area contributed by atoms with Crippen LogP contribution in [0.3, 0.4) is 0 Å². The van der Waals surface area contributed by atoms with Gasteiger partial charge in [-0.05, 0) is 13.1 Å². The van der Waals surface area contributed by atoms with Crippen LogP contribution in [0.2, 0.25) is 0 Å². The van der Waals surface area contributed by atoms with Gasteiger partial charge < -0.3 is 5.32 Å². The fourth-order valence-corrected chi connectivity index (χ4v) is 1.98. The van der Waals surface area contributed by atoms with E-state index in [0.29, 0.717) is 0 Å². The van der Waals surface area contributed by atoms with Gasteiger partial charge in [-0.15, -0.1) is 11.3 Å². The van der Waals surface area contributed by atoms with Gasteiger partial charge in [-0.2, -0.15) is 5.10 Å². The van der Waals surface area contributed by atoms with Gasteiger partial charge in [0.2, 0.25) is 0 Å². The van der Waals surface area contributed by atoms with Gasteiger partial charge >= 0.3 is 0 Å². The van der Waals surface area contributed by atoms with E-state index in [1.807, 2.05) is 37.2 Å². The number of rotatable bonds is 3. The third-order valence-corrected chi connectivity index (χ3v) is 2.67. The van der Waals surface area contributed by atoms with Gasteiger partial charge in [0.05, 0.1) is 22.9 Å². The third kappa shape index (κ3) is 1.69. The standard InChI is InChI=1S/C9H12N4S/c1-10-9(8-5-14-6-11-8)7-3-4-13(2)12-7/h3-6,9-10H,1-2H3. The normalized spacial score (nSPS) is 13.0. The summed E-state index contributed by atoms with van der Waals surface area (Å²) in [4.78, 5) is 4.28. The van der Waals surface area contributed by atoms with E-state index in [2.05, 4.69) is 15.4 Å². The van der Waals surface area contributed by atoms with E-state index in [4.69, 9.17) is 0 Å². The van der Waals surface area contributed by atoms with Gasteiger partial charge in [0.1, 0.15) is 0 Å². The maximum absolute atomic E-state index is 4.36. The number of thiazole rings is 1. The van der Waals surface area contributed by atoms with Crippen LogP contribution in [0.5, 0.6) is 0 Å². The van der Waals surface area contributed by atoms with Crippen LogP contribution in [0.15, 0.2) is 23.2 Å². The highest BCUT2D eigenvalue weighted by atomic mass is 32.1. The van der Waals surface area contributed by atoms with Crippen molar-refractivity contribution in [3.8, 4) is 0 Å². The highest BCUT2D eigenvalue weighted by molar-refractivity contribution is 7.07. The molecule has 0 bridgehead atoms. The van der Waals surface area contributed by atoms with Crippen LogP contribution in [0.4, 0.5) is 0 Å². The minimum absolute atomic E-state index is 0.0995. The van der Waals surface area contributed by atoms with E-state index in [1.165, 1.54) is 0 Å².